The number of fused-ring (bicyclic) bond motifs is 2. The van der Waals surface area contributed by atoms with E-state index in [2.05, 4.69) is 44.3 Å². The maximum Gasteiger partial charge on any atom is 0.138 e. The molecule has 0 bridgehead atoms. The quantitative estimate of drug-likeness (QED) is 0.518. The summed E-state index contributed by atoms with van der Waals surface area (Å²) in [7, 11) is 0. The number of para-hydroxylation sites is 2. The van der Waals surface area contributed by atoms with Crippen LogP contribution in [0.2, 0.25) is 0 Å². The molecule has 122 valence electrons. The van der Waals surface area contributed by atoms with Crippen LogP contribution in [0.25, 0.3) is 21.3 Å². The molecular weight excluding hydrogens is 318 g/mol. The molecule has 4 aromatic rings. The third-order valence-corrected chi connectivity index (χ3v) is 5.24. The molecule has 3 aromatic heterocycles. The van der Waals surface area contributed by atoms with E-state index in [0.717, 1.165) is 58.7 Å². The lowest BCUT2D eigenvalue weighted by Gasteiger charge is -2.05. The molecule has 0 saturated carbocycles. The molecule has 0 radical (unpaired) electrons. The van der Waals surface area contributed by atoms with Gasteiger partial charge < -0.3 is 10.3 Å². The zero-order chi connectivity index (χ0) is 16.4. The van der Waals surface area contributed by atoms with Gasteiger partial charge in [-0.3, -0.25) is 0 Å². The molecule has 3 heterocycles. The van der Waals surface area contributed by atoms with Crippen molar-refractivity contribution in [2.24, 2.45) is 0 Å². The van der Waals surface area contributed by atoms with Gasteiger partial charge >= 0.3 is 0 Å². The number of hydrogen-bond donors (Lipinski definition) is 2. The predicted molar refractivity (Wildman–Crippen MR) is 99.7 cm³/mol. The van der Waals surface area contributed by atoms with Crippen LogP contribution in [0.4, 0.5) is 5.82 Å². The minimum Gasteiger partial charge on any atom is -0.369 e. The van der Waals surface area contributed by atoms with Crippen molar-refractivity contribution in [1.29, 1.82) is 0 Å². The van der Waals surface area contributed by atoms with Gasteiger partial charge in [0, 0.05) is 17.8 Å². The van der Waals surface area contributed by atoms with E-state index in [1.165, 1.54) is 4.88 Å². The number of aromatic amines is 1. The largest absolute Gasteiger partial charge is 0.369 e. The molecular formula is C18H19N5S. The average molecular weight is 337 g/mol. The number of H-pyrrole nitrogens is 1. The Balaban J connectivity index is 1.39. The lowest BCUT2D eigenvalue weighted by molar-refractivity contribution is 0.818. The maximum absolute atomic E-state index is 4.61. The third kappa shape index (κ3) is 2.97. The van der Waals surface area contributed by atoms with Gasteiger partial charge in [0.15, 0.2) is 0 Å². The molecule has 0 amide bonds. The number of nitrogens with zero attached hydrogens (tertiary/aromatic N) is 3. The second-order valence-corrected chi connectivity index (χ2v) is 6.85. The average Bonchev–Trinajstić information content (AvgIpc) is 3.22. The van der Waals surface area contributed by atoms with Gasteiger partial charge in [-0.05, 0) is 31.0 Å². The van der Waals surface area contributed by atoms with Crippen molar-refractivity contribution in [2.45, 2.75) is 26.2 Å². The number of thiophene rings is 1. The van der Waals surface area contributed by atoms with Crippen molar-refractivity contribution in [3.05, 3.63) is 47.4 Å². The number of imidazole rings is 1. The Morgan fingerprint density at radius 3 is 3.00 bits per heavy atom. The first-order chi connectivity index (χ1) is 11.8. The van der Waals surface area contributed by atoms with Gasteiger partial charge in [-0.15, -0.1) is 11.3 Å². The zero-order valence-corrected chi connectivity index (χ0v) is 14.4. The summed E-state index contributed by atoms with van der Waals surface area (Å²) in [5, 5.41) is 4.57. The van der Waals surface area contributed by atoms with Crippen molar-refractivity contribution < 1.29 is 0 Å². The number of aromatic nitrogens is 4. The number of anilines is 1. The van der Waals surface area contributed by atoms with Crippen LogP contribution < -0.4 is 5.32 Å². The second-order valence-electron chi connectivity index (χ2n) is 5.74. The molecule has 0 aliphatic carbocycles. The standard InChI is InChI=1S/C18H19N5S/c1-2-12-10-13-17(20-11-21-18(13)24-12)19-9-5-8-16-22-14-6-3-4-7-15(14)23-16/h3-4,6-7,10-11H,2,5,8-9H2,1H3,(H,22,23)(H,19,20,21). The summed E-state index contributed by atoms with van der Waals surface area (Å²) in [5.74, 6) is 1.97. The van der Waals surface area contributed by atoms with E-state index in [0.29, 0.717) is 0 Å². The fourth-order valence-electron chi connectivity index (χ4n) is 2.81. The van der Waals surface area contributed by atoms with Gasteiger partial charge in [-0.25, -0.2) is 15.0 Å². The summed E-state index contributed by atoms with van der Waals surface area (Å²) in [6, 6.07) is 10.3. The summed E-state index contributed by atoms with van der Waals surface area (Å²) in [6.07, 6.45) is 4.59. The summed E-state index contributed by atoms with van der Waals surface area (Å²) in [4.78, 5) is 19.1. The molecule has 4 rings (SSSR count). The molecule has 1 aromatic carbocycles. The molecule has 24 heavy (non-hydrogen) atoms. The molecule has 5 nitrogen and oxygen atoms in total. The number of benzene rings is 1. The SMILES string of the molecule is CCc1cc2c(NCCCc3nc4ccccc4[nH]3)ncnc2s1. The minimum atomic E-state index is 0.862. The summed E-state index contributed by atoms with van der Waals surface area (Å²) in [5.41, 5.74) is 2.13. The summed E-state index contributed by atoms with van der Waals surface area (Å²) < 4.78 is 0. The molecule has 6 heteroatoms. The maximum atomic E-state index is 4.61. The number of hydrogen-bond acceptors (Lipinski definition) is 5. The van der Waals surface area contributed by atoms with Gasteiger partial charge in [0.05, 0.1) is 16.4 Å². The molecule has 0 saturated heterocycles. The Morgan fingerprint density at radius 2 is 2.12 bits per heavy atom. The number of nitrogens with one attached hydrogen (secondary N) is 2. The first-order valence-corrected chi connectivity index (χ1v) is 9.06. The molecule has 0 fully saturated rings. The Bertz CT molecular complexity index is 939. The van der Waals surface area contributed by atoms with E-state index in [1.807, 2.05) is 18.2 Å². The number of rotatable bonds is 6. The van der Waals surface area contributed by atoms with Crippen LogP contribution in [-0.2, 0) is 12.8 Å². The highest BCUT2D eigenvalue weighted by Crippen LogP contribution is 2.28. The molecule has 2 N–H and O–H groups in total. The summed E-state index contributed by atoms with van der Waals surface area (Å²) >= 11 is 1.74. The highest BCUT2D eigenvalue weighted by Gasteiger charge is 2.08. The van der Waals surface area contributed by atoms with Crippen LogP contribution in [0.15, 0.2) is 36.7 Å². The van der Waals surface area contributed by atoms with Gasteiger partial charge in [-0.1, -0.05) is 19.1 Å². The van der Waals surface area contributed by atoms with Crippen LogP contribution >= 0.6 is 11.3 Å². The van der Waals surface area contributed by atoms with Crippen molar-refractivity contribution in [3.63, 3.8) is 0 Å². The smallest absolute Gasteiger partial charge is 0.138 e. The highest BCUT2D eigenvalue weighted by atomic mass is 32.1. The van der Waals surface area contributed by atoms with E-state index in [-0.39, 0.29) is 0 Å². The minimum absolute atomic E-state index is 0.862. The number of aryl methyl sites for hydroxylation is 2. The first-order valence-electron chi connectivity index (χ1n) is 8.24. The van der Waals surface area contributed by atoms with Crippen LogP contribution in [-0.4, -0.2) is 26.5 Å². The van der Waals surface area contributed by atoms with Gasteiger partial charge in [-0.2, -0.15) is 0 Å². The van der Waals surface area contributed by atoms with Gasteiger partial charge in [0.2, 0.25) is 0 Å². The topological polar surface area (TPSA) is 66.5 Å². The third-order valence-electron chi connectivity index (χ3n) is 4.05. The zero-order valence-electron chi connectivity index (χ0n) is 13.5. The van der Waals surface area contributed by atoms with E-state index in [9.17, 15) is 0 Å². The second kappa shape index (κ2) is 6.57. The van der Waals surface area contributed by atoms with Gasteiger partial charge in [0.1, 0.15) is 22.8 Å². The van der Waals surface area contributed by atoms with E-state index in [1.54, 1.807) is 17.7 Å². The monoisotopic (exact) mass is 337 g/mol. The van der Waals surface area contributed by atoms with Crippen molar-refractivity contribution >= 4 is 38.4 Å². The molecule has 0 aliphatic heterocycles. The first kappa shape index (κ1) is 15.1. The lowest BCUT2D eigenvalue weighted by Crippen LogP contribution is -2.05. The molecule has 0 atom stereocenters. The van der Waals surface area contributed by atoms with Gasteiger partial charge in [0.25, 0.3) is 0 Å². The Morgan fingerprint density at radius 1 is 1.21 bits per heavy atom. The Hall–Kier alpha value is -2.47. The molecule has 0 aliphatic rings. The molecule has 0 spiro atoms. The predicted octanol–water partition coefficient (Wildman–Crippen LogP) is 4.17. The van der Waals surface area contributed by atoms with E-state index < -0.39 is 0 Å². The Labute approximate surface area is 144 Å². The van der Waals surface area contributed by atoms with E-state index >= 15 is 0 Å². The lowest BCUT2D eigenvalue weighted by atomic mass is 10.3. The van der Waals surface area contributed by atoms with Crippen LogP contribution in [0.5, 0.6) is 0 Å². The Kier molecular flexibility index (Phi) is 4.13. The van der Waals surface area contributed by atoms with Crippen LogP contribution in [0.1, 0.15) is 24.0 Å². The van der Waals surface area contributed by atoms with E-state index in [4.69, 9.17) is 0 Å². The highest BCUT2D eigenvalue weighted by molar-refractivity contribution is 7.18. The summed E-state index contributed by atoms with van der Waals surface area (Å²) in [6.45, 7) is 3.03. The fourth-order valence-corrected chi connectivity index (χ4v) is 3.74. The van der Waals surface area contributed by atoms with Crippen LogP contribution in [0.3, 0.4) is 0 Å². The van der Waals surface area contributed by atoms with Crippen molar-refractivity contribution in [1.82, 2.24) is 19.9 Å². The normalized spacial score (nSPS) is 11.4. The fraction of sp³-hybridized carbons (Fsp3) is 0.278. The molecule has 0 unspecified atom stereocenters. The van der Waals surface area contributed by atoms with Crippen molar-refractivity contribution in [2.75, 3.05) is 11.9 Å². The van der Waals surface area contributed by atoms with Crippen molar-refractivity contribution in [3.8, 4) is 0 Å². The van der Waals surface area contributed by atoms with Crippen LogP contribution in [0, 0.1) is 0 Å².